The van der Waals surface area contributed by atoms with Gasteiger partial charge in [-0.1, -0.05) is 29.3 Å². The smallest absolute Gasteiger partial charge is 0.250 e. The molecular formula is C13H11Cl2N3O. The molecule has 0 aliphatic rings. The van der Waals surface area contributed by atoms with Gasteiger partial charge in [0.25, 0.3) is 5.91 Å². The van der Waals surface area contributed by atoms with Crippen LogP contribution in [0.4, 0.5) is 17.1 Å². The van der Waals surface area contributed by atoms with E-state index in [1.807, 2.05) is 0 Å². The molecule has 98 valence electrons. The molecule has 0 bridgehead atoms. The van der Waals surface area contributed by atoms with Crippen molar-refractivity contribution in [1.82, 2.24) is 0 Å². The average molecular weight is 296 g/mol. The number of nitrogens with one attached hydrogen (secondary N) is 1. The van der Waals surface area contributed by atoms with Gasteiger partial charge in [-0.15, -0.1) is 0 Å². The minimum atomic E-state index is -0.578. The number of hydrogen-bond donors (Lipinski definition) is 3. The van der Waals surface area contributed by atoms with Crippen LogP contribution in [0.1, 0.15) is 10.4 Å². The maximum Gasteiger partial charge on any atom is 0.250 e. The maximum atomic E-state index is 11.2. The van der Waals surface area contributed by atoms with E-state index in [2.05, 4.69) is 5.32 Å². The van der Waals surface area contributed by atoms with E-state index in [1.165, 1.54) is 0 Å². The Morgan fingerprint density at radius 1 is 1.11 bits per heavy atom. The van der Waals surface area contributed by atoms with Crippen molar-refractivity contribution in [1.29, 1.82) is 0 Å². The van der Waals surface area contributed by atoms with Crippen LogP contribution in [0.2, 0.25) is 10.0 Å². The molecule has 0 aromatic heterocycles. The van der Waals surface area contributed by atoms with Crippen LogP contribution in [0.5, 0.6) is 0 Å². The molecule has 2 rings (SSSR count). The van der Waals surface area contributed by atoms with E-state index in [0.717, 1.165) is 0 Å². The number of halogens is 2. The van der Waals surface area contributed by atoms with Crippen LogP contribution in [-0.2, 0) is 0 Å². The van der Waals surface area contributed by atoms with Gasteiger partial charge in [0, 0.05) is 15.7 Å². The molecule has 0 aliphatic heterocycles. The number of amides is 1. The van der Waals surface area contributed by atoms with Crippen LogP contribution in [-0.4, -0.2) is 5.91 Å². The zero-order chi connectivity index (χ0) is 14.0. The zero-order valence-electron chi connectivity index (χ0n) is 9.78. The van der Waals surface area contributed by atoms with Crippen molar-refractivity contribution in [3.63, 3.8) is 0 Å². The number of rotatable bonds is 3. The fourth-order valence-corrected chi connectivity index (χ4v) is 2.20. The number of anilines is 3. The third kappa shape index (κ3) is 3.10. The van der Waals surface area contributed by atoms with Crippen molar-refractivity contribution in [2.24, 2.45) is 5.73 Å². The topological polar surface area (TPSA) is 81.1 Å². The van der Waals surface area contributed by atoms with Gasteiger partial charge in [-0.2, -0.15) is 0 Å². The van der Waals surface area contributed by atoms with E-state index in [1.54, 1.807) is 36.4 Å². The number of carbonyl (C=O) groups is 1. The first kappa shape index (κ1) is 13.5. The van der Waals surface area contributed by atoms with E-state index in [0.29, 0.717) is 21.4 Å². The van der Waals surface area contributed by atoms with Crippen molar-refractivity contribution in [3.05, 3.63) is 52.0 Å². The third-order valence-electron chi connectivity index (χ3n) is 2.51. The number of carbonyl (C=O) groups excluding carboxylic acids is 1. The summed E-state index contributed by atoms with van der Waals surface area (Å²) in [5, 5.41) is 4.05. The van der Waals surface area contributed by atoms with Crippen LogP contribution in [0.25, 0.3) is 0 Å². The molecule has 0 radical (unpaired) electrons. The van der Waals surface area contributed by atoms with Crippen molar-refractivity contribution in [2.45, 2.75) is 0 Å². The molecule has 0 atom stereocenters. The van der Waals surface area contributed by atoms with Gasteiger partial charge in [0.15, 0.2) is 0 Å². The Hall–Kier alpha value is -1.91. The SMILES string of the molecule is NC(=O)c1cccc(Nc2cc(Cl)cc(Cl)c2)c1N. The molecule has 2 aromatic carbocycles. The predicted molar refractivity (Wildman–Crippen MR) is 79.1 cm³/mol. The predicted octanol–water partition coefficient (Wildman–Crippen LogP) is 3.42. The number of benzene rings is 2. The lowest BCUT2D eigenvalue weighted by Gasteiger charge is -2.12. The second-order valence-corrected chi connectivity index (χ2v) is 4.79. The highest BCUT2D eigenvalue weighted by atomic mass is 35.5. The molecule has 0 saturated heterocycles. The molecule has 0 heterocycles. The highest BCUT2D eigenvalue weighted by Gasteiger charge is 2.09. The van der Waals surface area contributed by atoms with Crippen LogP contribution in [0, 0.1) is 0 Å². The molecule has 0 saturated carbocycles. The van der Waals surface area contributed by atoms with Crippen LogP contribution >= 0.6 is 23.2 Å². The molecule has 4 nitrogen and oxygen atoms in total. The zero-order valence-corrected chi connectivity index (χ0v) is 11.3. The van der Waals surface area contributed by atoms with Gasteiger partial charge in [-0.05, 0) is 30.3 Å². The second kappa shape index (κ2) is 5.38. The molecule has 0 unspecified atom stereocenters. The normalized spacial score (nSPS) is 10.2. The summed E-state index contributed by atoms with van der Waals surface area (Å²) in [6.07, 6.45) is 0. The van der Waals surface area contributed by atoms with Crippen molar-refractivity contribution in [3.8, 4) is 0 Å². The lowest BCUT2D eigenvalue weighted by molar-refractivity contribution is 0.100. The Morgan fingerprint density at radius 3 is 2.32 bits per heavy atom. The molecule has 1 amide bonds. The van der Waals surface area contributed by atoms with Crippen molar-refractivity contribution in [2.75, 3.05) is 11.1 Å². The fourth-order valence-electron chi connectivity index (χ4n) is 1.67. The van der Waals surface area contributed by atoms with Crippen LogP contribution in [0.15, 0.2) is 36.4 Å². The monoisotopic (exact) mass is 295 g/mol. The second-order valence-electron chi connectivity index (χ2n) is 3.91. The van der Waals surface area contributed by atoms with Crippen LogP contribution in [0.3, 0.4) is 0 Å². The Bertz CT molecular complexity index is 624. The molecule has 0 aliphatic carbocycles. The number of nitrogens with two attached hydrogens (primary N) is 2. The van der Waals surface area contributed by atoms with Gasteiger partial charge in [-0.25, -0.2) is 0 Å². The molecule has 19 heavy (non-hydrogen) atoms. The summed E-state index contributed by atoms with van der Waals surface area (Å²) in [4.78, 5) is 11.2. The number of primary amides is 1. The first-order chi connectivity index (χ1) is 8.97. The number of hydrogen-bond acceptors (Lipinski definition) is 3. The van der Waals surface area contributed by atoms with Gasteiger partial charge in [-0.3, -0.25) is 4.79 Å². The summed E-state index contributed by atoms with van der Waals surface area (Å²) >= 11 is 11.8. The highest BCUT2D eigenvalue weighted by molar-refractivity contribution is 6.35. The summed E-state index contributed by atoms with van der Waals surface area (Å²) in [5.74, 6) is -0.578. The summed E-state index contributed by atoms with van der Waals surface area (Å²) in [6.45, 7) is 0. The van der Waals surface area contributed by atoms with Gasteiger partial charge < -0.3 is 16.8 Å². The van der Waals surface area contributed by atoms with E-state index in [-0.39, 0.29) is 11.3 Å². The molecular weight excluding hydrogens is 285 g/mol. The molecule has 6 heteroatoms. The molecule has 2 aromatic rings. The Kier molecular flexibility index (Phi) is 3.83. The summed E-state index contributed by atoms with van der Waals surface area (Å²) in [7, 11) is 0. The fraction of sp³-hybridized carbons (Fsp3) is 0. The van der Waals surface area contributed by atoms with E-state index in [4.69, 9.17) is 34.7 Å². The average Bonchev–Trinajstić information content (AvgIpc) is 2.30. The minimum absolute atomic E-state index is 0.262. The third-order valence-corrected chi connectivity index (χ3v) is 2.95. The first-order valence-corrected chi connectivity index (χ1v) is 6.14. The highest BCUT2D eigenvalue weighted by Crippen LogP contribution is 2.29. The van der Waals surface area contributed by atoms with Gasteiger partial charge >= 0.3 is 0 Å². The van der Waals surface area contributed by atoms with Crippen molar-refractivity contribution < 1.29 is 4.79 Å². The van der Waals surface area contributed by atoms with E-state index < -0.39 is 5.91 Å². The summed E-state index contributed by atoms with van der Waals surface area (Å²) < 4.78 is 0. The molecule has 0 fully saturated rings. The summed E-state index contributed by atoms with van der Waals surface area (Å²) in [5.41, 5.74) is 12.9. The first-order valence-electron chi connectivity index (χ1n) is 5.39. The lowest BCUT2D eigenvalue weighted by atomic mass is 10.1. The Balaban J connectivity index is 2.38. The quantitative estimate of drug-likeness (QED) is 0.759. The van der Waals surface area contributed by atoms with E-state index >= 15 is 0 Å². The standard InChI is InChI=1S/C13H11Cl2N3O/c14-7-4-8(15)6-9(5-7)18-11-3-1-2-10(12(11)16)13(17)19/h1-6,18H,16H2,(H2,17,19). The Morgan fingerprint density at radius 2 is 1.74 bits per heavy atom. The van der Waals surface area contributed by atoms with Gasteiger partial charge in [0.05, 0.1) is 16.9 Å². The maximum absolute atomic E-state index is 11.2. The number of para-hydroxylation sites is 1. The minimum Gasteiger partial charge on any atom is -0.396 e. The molecule has 0 spiro atoms. The van der Waals surface area contributed by atoms with E-state index in [9.17, 15) is 4.79 Å². The molecule has 5 N–H and O–H groups in total. The van der Waals surface area contributed by atoms with Gasteiger partial charge in [0.2, 0.25) is 0 Å². The largest absolute Gasteiger partial charge is 0.396 e. The Labute approximate surface area is 120 Å². The van der Waals surface area contributed by atoms with Crippen molar-refractivity contribution >= 4 is 46.2 Å². The summed E-state index contributed by atoms with van der Waals surface area (Å²) in [6, 6.07) is 10.0. The van der Waals surface area contributed by atoms with Crippen LogP contribution < -0.4 is 16.8 Å². The number of nitrogen functional groups attached to an aromatic ring is 1. The van der Waals surface area contributed by atoms with Gasteiger partial charge in [0.1, 0.15) is 0 Å². The lowest BCUT2D eigenvalue weighted by Crippen LogP contribution is -2.14.